The van der Waals surface area contributed by atoms with Crippen LogP contribution in [-0.2, 0) is 10.9 Å². The Morgan fingerprint density at radius 3 is 2.53 bits per heavy atom. The number of hydrogen-bond donors (Lipinski definition) is 2. The lowest BCUT2D eigenvalue weighted by atomic mass is 10.1. The number of esters is 1. The van der Waals surface area contributed by atoms with Crippen molar-refractivity contribution in [3.05, 3.63) is 44.2 Å². The number of alkyl halides is 3. The van der Waals surface area contributed by atoms with Crippen LogP contribution in [0.15, 0.2) is 6.07 Å². The van der Waals surface area contributed by atoms with Gasteiger partial charge in [-0.3, -0.25) is 9.59 Å². The molecule has 2 amide bonds. The number of anilines is 1. The van der Waals surface area contributed by atoms with Crippen LogP contribution in [0.3, 0.4) is 0 Å². The molecule has 3 aromatic rings. The molecule has 170 valence electrons. The van der Waals surface area contributed by atoms with E-state index < -0.39 is 40.4 Å². The van der Waals surface area contributed by atoms with Gasteiger partial charge in [-0.1, -0.05) is 11.6 Å². The molecule has 0 unspecified atom stereocenters. The minimum Gasteiger partial charge on any atom is -0.462 e. The van der Waals surface area contributed by atoms with E-state index in [-0.39, 0.29) is 39.0 Å². The molecule has 0 atom stereocenters. The van der Waals surface area contributed by atoms with Crippen LogP contribution in [0.5, 0.6) is 0 Å². The second kappa shape index (κ2) is 8.39. The van der Waals surface area contributed by atoms with Gasteiger partial charge in [0.2, 0.25) is 0 Å². The van der Waals surface area contributed by atoms with E-state index in [0.717, 1.165) is 6.07 Å². The largest absolute Gasteiger partial charge is 0.462 e. The smallest absolute Gasteiger partial charge is 0.433 e. The predicted molar refractivity (Wildman–Crippen MR) is 109 cm³/mol. The molecule has 0 saturated heterocycles. The summed E-state index contributed by atoms with van der Waals surface area (Å²) in [6.45, 7) is 4.37. The molecular formula is C18H15ClF3N5O4S. The van der Waals surface area contributed by atoms with Crippen LogP contribution >= 0.6 is 22.9 Å². The molecule has 3 heterocycles. The molecule has 0 aliphatic heterocycles. The van der Waals surface area contributed by atoms with E-state index in [2.05, 4.69) is 15.4 Å². The molecule has 0 aromatic carbocycles. The summed E-state index contributed by atoms with van der Waals surface area (Å²) in [5.74, 6) is -2.67. The highest BCUT2D eigenvalue weighted by atomic mass is 35.5. The van der Waals surface area contributed by atoms with E-state index >= 15 is 0 Å². The third-order valence-corrected chi connectivity index (χ3v) is 5.81. The van der Waals surface area contributed by atoms with Gasteiger partial charge in [-0.15, -0.1) is 11.3 Å². The summed E-state index contributed by atoms with van der Waals surface area (Å²) in [5.41, 5.74) is 3.32. The molecule has 0 aliphatic rings. The van der Waals surface area contributed by atoms with E-state index in [4.69, 9.17) is 22.1 Å². The van der Waals surface area contributed by atoms with Crippen LogP contribution in [0.4, 0.5) is 18.2 Å². The molecule has 3 aromatic heterocycles. The van der Waals surface area contributed by atoms with Crippen molar-refractivity contribution >= 4 is 51.4 Å². The van der Waals surface area contributed by atoms with Crippen LogP contribution < -0.4 is 11.1 Å². The van der Waals surface area contributed by atoms with Crippen molar-refractivity contribution in [1.29, 1.82) is 0 Å². The van der Waals surface area contributed by atoms with Gasteiger partial charge in [0, 0.05) is 5.69 Å². The number of primary amides is 1. The number of carbonyl (C=O) groups excluding carboxylic acids is 3. The Hall–Kier alpha value is -3.19. The number of aryl methyl sites for hydroxylation is 1. The second-order valence-electron chi connectivity index (χ2n) is 6.48. The SMILES string of the molecule is CCOC(=O)c1c(NC(=O)c2nn3c(C(F)(F)F)cc(C)nc3c2Cl)sc(C(N)=O)c1C. The lowest BCUT2D eigenvalue weighted by Gasteiger charge is -2.09. The van der Waals surface area contributed by atoms with Gasteiger partial charge in [0.25, 0.3) is 11.8 Å². The van der Waals surface area contributed by atoms with Crippen LogP contribution in [0, 0.1) is 13.8 Å². The molecule has 9 nitrogen and oxygen atoms in total. The first-order chi connectivity index (χ1) is 14.9. The minimum absolute atomic E-state index is 0.00102. The van der Waals surface area contributed by atoms with Gasteiger partial charge >= 0.3 is 12.1 Å². The number of thiophene rings is 1. The Morgan fingerprint density at radius 1 is 1.31 bits per heavy atom. The summed E-state index contributed by atoms with van der Waals surface area (Å²) >= 11 is 6.83. The number of amides is 2. The zero-order chi connectivity index (χ0) is 24.0. The molecule has 0 saturated carbocycles. The summed E-state index contributed by atoms with van der Waals surface area (Å²) in [6.07, 6.45) is -4.78. The zero-order valence-corrected chi connectivity index (χ0v) is 18.3. The molecule has 0 radical (unpaired) electrons. The standard InChI is InChI=1S/C18H15ClF3N5O4S/c1-4-31-17(30)9-7(3)12(13(23)28)32-16(9)25-15(29)11-10(19)14-24-6(2)5-8(18(20,21)22)27(14)26-11/h5H,4H2,1-3H3,(H2,23,28)(H,25,29). The van der Waals surface area contributed by atoms with Crippen molar-refractivity contribution in [3.8, 4) is 0 Å². The predicted octanol–water partition coefficient (Wildman–Crippen LogP) is 3.61. The lowest BCUT2D eigenvalue weighted by Crippen LogP contribution is -2.17. The molecule has 0 fully saturated rings. The molecule has 0 spiro atoms. The molecule has 3 N–H and O–H groups in total. The van der Waals surface area contributed by atoms with Crippen LogP contribution in [-0.4, -0.2) is 39.0 Å². The molecule has 32 heavy (non-hydrogen) atoms. The number of ether oxygens (including phenoxy) is 1. The fraction of sp³-hybridized carbons (Fsp3) is 0.278. The third-order valence-electron chi connectivity index (χ3n) is 4.24. The highest BCUT2D eigenvalue weighted by Gasteiger charge is 2.36. The van der Waals surface area contributed by atoms with E-state index in [1.807, 2.05) is 0 Å². The van der Waals surface area contributed by atoms with Crippen LogP contribution in [0.25, 0.3) is 5.65 Å². The number of fused-ring (bicyclic) bond motifs is 1. The number of aromatic nitrogens is 3. The summed E-state index contributed by atoms with van der Waals surface area (Å²) in [4.78, 5) is 40.8. The number of carbonyl (C=O) groups is 3. The van der Waals surface area contributed by atoms with E-state index in [1.54, 1.807) is 6.92 Å². The van der Waals surface area contributed by atoms with Crippen molar-refractivity contribution in [3.63, 3.8) is 0 Å². The van der Waals surface area contributed by atoms with E-state index in [1.165, 1.54) is 13.8 Å². The number of halogens is 4. The van der Waals surface area contributed by atoms with Crippen molar-refractivity contribution in [2.45, 2.75) is 26.9 Å². The first-order valence-electron chi connectivity index (χ1n) is 8.91. The number of rotatable bonds is 5. The van der Waals surface area contributed by atoms with Crippen molar-refractivity contribution in [2.24, 2.45) is 5.73 Å². The summed E-state index contributed by atoms with van der Waals surface area (Å²) in [5, 5.41) is 5.53. The maximum Gasteiger partial charge on any atom is 0.433 e. The quantitative estimate of drug-likeness (QED) is 0.527. The fourth-order valence-corrected chi connectivity index (χ4v) is 4.20. The molecule has 14 heteroatoms. The van der Waals surface area contributed by atoms with Crippen LogP contribution in [0.2, 0.25) is 5.02 Å². The Bertz CT molecular complexity index is 1270. The lowest BCUT2D eigenvalue weighted by molar-refractivity contribution is -0.142. The number of hydrogen-bond acceptors (Lipinski definition) is 7. The Morgan fingerprint density at radius 2 is 1.97 bits per heavy atom. The molecule has 0 aliphatic carbocycles. The van der Waals surface area contributed by atoms with Crippen molar-refractivity contribution < 1.29 is 32.3 Å². The topological polar surface area (TPSA) is 129 Å². The summed E-state index contributed by atoms with van der Waals surface area (Å²) < 4.78 is 45.6. The zero-order valence-electron chi connectivity index (χ0n) is 16.8. The Labute approximate surface area is 187 Å². The number of nitrogens with one attached hydrogen (secondary N) is 1. The third kappa shape index (κ3) is 4.12. The second-order valence-corrected chi connectivity index (χ2v) is 7.88. The maximum absolute atomic E-state index is 13.4. The molecular weight excluding hydrogens is 475 g/mol. The van der Waals surface area contributed by atoms with Crippen molar-refractivity contribution in [2.75, 3.05) is 11.9 Å². The van der Waals surface area contributed by atoms with Gasteiger partial charge in [0.15, 0.2) is 11.3 Å². The maximum atomic E-state index is 13.4. The summed E-state index contributed by atoms with van der Waals surface area (Å²) in [6, 6.07) is 0.763. The number of nitrogens with zero attached hydrogens (tertiary/aromatic N) is 3. The average molecular weight is 490 g/mol. The Balaban J connectivity index is 2.10. The van der Waals surface area contributed by atoms with Gasteiger partial charge < -0.3 is 15.8 Å². The first-order valence-corrected chi connectivity index (χ1v) is 10.1. The van der Waals surface area contributed by atoms with Gasteiger partial charge in [0.05, 0.1) is 17.0 Å². The molecule has 3 rings (SSSR count). The van der Waals surface area contributed by atoms with Gasteiger partial charge in [-0.05, 0) is 32.4 Å². The van der Waals surface area contributed by atoms with Crippen LogP contribution in [0.1, 0.15) is 54.4 Å². The highest BCUT2D eigenvalue weighted by molar-refractivity contribution is 7.18. The van der Waals surface area contributed by atoms with E-state index in [9.17, 15) is 27.6 Å². The highest BCUT2D eigenvalue weighted by Crippen LogP contribution is 2.35. The fourth-order valence-electron chi connectivity index (χ4n) is 2.91. The van der Waals surface area contributed by atoms with Gasteiger partial charge in [0.1, 0.15) is 15.7 Å². The van der Waals surface area contributed by atoms with Crippen molar-refractivity contribution in [1.82, 2.24) is 14.6 Å². The normalized spacial score (nSPS) is 11.6. The van der Waals surface area contributed by atoms with Gasteiger partial charge in [-0.25, -0.2) is 14.3 Å². The first kappa shape index (κ1) is 23.5. The van der Waals surface area contributed by atoms with E-state index in [0.29, 0.717) is 15.9 Å². The number of nitrogens with two attached hydrogens (primary N) is 1. The average Bonchev–Trinajstić information content (AvgIpc) is 3.18. The van der Waals surface area contributed by atoms with Gasteiger partial charge in [-0.2, -0.15) is 18.3 Å². The minimum atomic E-state index is -4.78. The Kier molecular flexibility index (Phi) is 6.15. The summed E-state index contributed by atoms with van der Waals surface area (Å²) in [7, 11) is 0. The monoisotopic (exact) mass is 489 g/mol. The molecule has 0 bridgehead atoms.